The molecule has 152 valence electrons. The largest absolute Gasteiger partial charge is 0.356 e. The van der Waals surface area contributed by atoms with Crippen LogP contribution in [0.25, 0.3) is 0 Å². The van der Waals surface area contributed by atoms with Gasteiger partial charge in [0.05, 0.1) is 0 Å². The molecular weight excluding hydrogens is 360 g/mol. The van der Waals surface area contributed by atoms with E-state index in [4.69, 9.17) is 0 Å². The van der Waals surface area contributed by atoms with E-state index in [9.17, 15) is 0 Å². The summed E-state index contributed by atoms with van der Waals surface area (Å²) >= 11 is 0. The first-order chi connectivity index (χ1) is 14.2. The molecule has 0 unspecified atom stereocenters. The number of anilines is 1. The number of piperidine rings is 1. The maximum atomic E-state index is 4.61. The fraction of sp³-hybridized carbons (Fsp3) is 0.435. The standard InChI is InChI=1S/C23H30N6/c1-18-16-23(27-19(2)26-18)29-14-8-21(9-15-29)25-17-22-4-3-12-28(22)13-7-20-5-10-24-11-6-20/h3-6,10-12,16,21,25H,7-9,13-15,17H2,1-2H3. The molecule has 0 aliphatic carbocycles. The Morgan fingerprint density at radius 1 is 1.07 bits per heavy atom. The number of nitrogens with zero attached hydrogens (tertiary/aromatic N) is 5. The van der Waals surface area contributed by atoms with Crippen molar-refractivity contribution in [2.75, 3.05) is 18.0 Å². The Morgan fingerprint density at radius 3 is 2.62 bits per heavy atom. The summed E-state index contributed by atoms with van der Waals surface area (Å²) in [5, 5.41) is 3.77. The Bertz CT molecular complexity index is 892. The van der Waals surface area contributed by atoms with Crippen LogP contribution in [0.15, 0.2) is 48.9 Å². The zero-order valence-corrected chi connectivity index (χ0v) is 17.4. The van der Waals surface area contributed by atoms with E-state index in [0.29, 0.717) is 6.04 Å². The summed E-state index contributed by atoms with van der Waals surface area (Å²) in [7, 11) is 0. The molecule has 1 fully saturated rings. The van der Waals surface area contributed by atoms with E-state index < -0.39 is 0 Å². The second kappa shape index (κ2) is 9.18. The van der Waals surface area contributed by atoms with E-state index in [2.05, 4.69) is 66.3 Å². The molecule has 1 N–H and O–H groups in total. The highest BCUT2D eigenvalue weighted by Crippen LogP contribution is 2.19. The molecule has 3 aromatic rings. The molecule has 1 aliphatic heterocycles. The van der Waals surface area contributed by atoms with Gasteiger partial charge < -0.3 is 14.8 Å². The molecule has 0 saturated carbocycles. The van der Waals surface area contributed by atoms with Gasteiger partial charge in [0.1, 0.15) is 11.6 Å². The van der Waals surface area contributed by atoms with Crippen LogP contribution in [0.4, 0.5) is 5.82 Å². The summed E-state index contributed by atoms with van der Waals surface area (Å²) < 4.78 is 2.36. The van der Waals surface area contributed by atoms with Crippen LogP contribution in [0.2, 0.25) is 0 Å². The topological polar surface area (TPSA) is 58.9 Å². The minimum Gasteiger partial charge on any atom is -0.356 e. The van der Waals surface area contributed by atoms with Gasteiger partial charge in [0.2, 0.25) is 0 Å². The molecule has 1 saturated heterocycles. The van der Waals surface area contributed by atoms with Crippen LogP contribution < -0.4 is 10.2 Å². The first-order valence-electron chi connectivity index (χ1n) is 10.5. The van der Waals surface area contributed by atoms with Crippen molar-refractivity contribution in [2.45, 2.75) is 52.2 Å². The van der Waals surface area contributed by atoms with Crippen molar-refractivity contribution in [3.63, 3.8) is 0 Å². The fourth-order valence-electron chi connectivity index (χ4n) is 4.05. The van der Waals surface area contributed by atoms with E-state index >= 15 is 0 Å². The molecule has 3 aromatic heterocycles. The second-order valence-corrected chi connectivity index (χ2v) is 7.86. The van der Waals surface area contributed by atoms with Gasteiger partial charge in [0, 0.05) is 68.3 Å². The normalized spacial score (nSPS) is 15.0. The lowest BCUT2D eigenvalue weighted by atomic mass is 10.0. The molecule has 0 aromatic carbocycles. The smallest absolute Gasteiger partial charge is 0.132 e. The quantitative estimate of drug-likeness (QED) is 0.671. The number of pyridine rings is 1. The Balaban J connectivity index is 1.26. The summed E-state index contributed by atoms with van der Waals surface area (Å²) in [6.07, 6.45) is 9.22. The van der Waals surface area contributed by atoms with Crippen LogP contribution in [0.5, 0.6) is 0 Å². The van der Waals surface area contributed by atoms with Gasteiger partial charge in [-0.2, -0.15) is 0 Å². The Hall–Kier alpha value is -2.73. The van der Waals surface area contributed by atoms with Crippen molar-refractivity contribution in [1.29, 1.82) is 0 Å². The monoisotopic (exact) mass is 390 g/mol. The Kier molecular flexibility index (Phi) is 6.20. The first kappa shape index (κ1) is 19.6. The molecule has 0 radical (unpaired) electrons. The van der Waals surface area contributed by atoms with Crippen molar-refractivity contribution in [3.05, 3.63) is 71.7 Å². The van der Waals surface area contributed by atoms with Crippen LogP contribution in [0, 0.1) is 13.8 Å². The lowest BCUT2D eigenvalue weighted by Crippen LogP contribution is -2.42. The summed E-state index contributed by atoms with van der Waals surface area (Å²) in [6, 6.07) is 11.2. The molecule has 0 atom stereocenters. The maximum Gasteiger partial charge on any atom is 0.132 e. The second-order valence-electron chi connectivity index (χ2n) is 7.86. The maximum absolute atomic E-state index is 4.61. The van der Waals surface area contributed by atoms with Gasteiger partial charge >= 0.3 is 0 Å². The van der Waals surface area contributed by atoms with Gasteiger partial charge in [-0.1, -0.05) is 0 Å². The number of aryl methyl sites for hydroxylation is 4. The molecule has 0 amide bonds. The minimum atomic E-state index is 0.554. The van der Waals surface area contributed by atoms with Gasteiger partial charge in [-0.25, -0.2) is 9.97 Å². The molecule has 6 nitrogen and oxygen atoms in total. The van der Waals surface area contributed by atoms with Gasteiger partial charge in [0.15, 0.2) is 0 Å². The zero-order chi connectivity index (χ0) is 20.1. The lowest BCUT2D eigenvalue weighted by Gasteiger charge is -2.33. The summed E-state index contributed by atoms with van der Waals surface area (Å²) in [6.45, 7) is 8.00. The van der Waals surface area contributed by atoms with E-state index in [1.165, 1.54) is 11.3 Å². The average molecular weight is 391 g/mol. The number of rotatable bonds is 7. The van der Waals surface area contributed by atoms with E-state index in [0.717, 1.165) is 62.8 Å². The third-order valence-electron chi connectivity index (χ3n) is 5.66. The van der Waals surface area contributed by atoms with Gasteiger partial charge in [0.25, 0.3) is 0 Å². The molecule has 4 rings (SSSR count). The van der Waals surface area contributed by atoms with Crippen molar-refractivity contribution >= 4 is 5.82 Å². The number of aromatic nitrogens is 4. The van der Waals surface area contributed by atoms with Crippen molar-refractivity contribution in [1.82, 2.24) is 24.8 Å². The van der Waals surface area contributed by atoms with Crippen LogP contribution in [-0.2, 0) is 19.5 Å². The molecular formula is C23H30N6. The van der Waals surface area contributed by atoms with Crippen LogP contribution in [0.1, 0.15) is 35.6 Å². The first-order valence-corrected chi connectivity index (χ1v) is 10.5. The van der Waals surface area contributed by atoms with E-state index in [1.807, 2.05) is 26.2 Å². The third-order valence-corrected chi connectivity index (χ3v) is 5.66. The SMILES string of the molecule is Cc1cc(N2CCC(NCc3cccn3CCc3ccncc3)CC2)nc(C)n1. The lowest BCUT2D eigenvalue weighted by molar-refractivity contribution is 0.407. The number of hydrogen-bond acceptors (Lipinski definition) is 5. The summed E-state index contributed by atoms with van der Waals surface area (Å²) in [4.78, 5) is 15.5. The highest BCUT2D eigenvalue weighted by molar-refractivity contribution is 5.40. The molecule has 0 bridgehead atoms. The summed E-state index contributed by atoms with van der Waals surface area (Å²) in [5.74, 6) is 1.92. The molecule has 4 heterocycles. The predicted octanol–water partition coefficient (Wildman–Crippen LogP) is 3.29. The molecule has 0 spiro atoms. The van der Waals surface area contributed by atoms with E-state index in [-0.39, 0.29) is 0 Å². The number of nitrogens with one attached hydrogen (secondary N) is 1. The summed E-state index contributed by atoms with van der Waals surface area (Å²) in [5.41, 5.74) is 3.72. The third kappa shape index (κ3) is 5.21. The van der Waals surface area contributed by atoms with Crippen LogP contribution >= 0.6 is 0 Å². The minimum absolute atomic E-state index is 0.554. The van der Waals surface area contributed by atoms with Gasteiger partial charge in [-0.05, 0) is 62.9 Å². The highest BCUT2D eigenvalue weighted by atomic mass is 15.2. The Morgan fingerprint density at radius 2 is 1.86 bits per heavy atom. The van der Waals surface area contributed by atoms with Gasteiger partial charge in [-0.3, -0.25) is 4.98 Å². The van der Waals surface area contributed by atoms with Crippen molar-refractivity contribution in [3.8, 4) is 0 Å². The van der Waals surface area contributed by atoms with E-state index in [1.54, 1.807) is 0 Å². The van der Waals surface area contributed by atoms with Crippen molar-refractivity contribution in [2.24, 2.45) is 0 Å². The average Bonchev–Trinajstić information content (AvgIpc) is 3.18. The van der Waals surface area contributed by atoms with Crippen LogP contribution in [-0.4, -0.2) is 38.7 Å². The fourth-order valence-corrected chi connectivity index (χ4v) is 4.05. The van der Waals surface area contributed by atoms with Crippen LogP contribution in [0.3, 0.4) is 0 Å². The Labute approximate surface area is 173 Å². The highest BCUT2D eigenvalue weighted by Gasteiger charge is 2.20. The zero-order valence-electron chi connectivity index (χ0n) is 17.4. The van der Waals surface area contributed by atoms with Crippen molar-refractivity contribution < 1.29 is 0 Å². The predicted molar refractivity (Wildman–Crippen MR) is 116 cm³/mol. The van der Waals surface area contributed by atoms with Gasteiger partial charge in [-0.15, -0.1) is 0 Å². The number of hydrogen-bond donors (Lipinski definition) is 1. The molecule has 6 heteroatoms. The molecule has 29 heavy (non-hydrogen) atoms. The molecule has 1 aliphatic rings.